The molecule has 0 aliphatic heterocycles. The topological polar surface area (TPSA) is 55.1 Å². The summed E-state index contributed by atoms with van der Waals surface area (Å²) in [4.78, 5) is 11.2. The van der Waals surface area contributed by atoms with Crippen LogP contribution in [0.3, 0.4) is 0 Å². The lowest BCUT2D eigenvalue weighted by molar-refractivity contribution is 0.100. The Morgan fingerprint density at radius 3 is 2.67 bits per heavy atom. The predicted molar refractivity (Wildman–Crippen MR) is 86.1 cm³/mol. The summed E-state index contributed by atoms with van der Waals surface area (Å²) in [5.74, 6) is -0.841. The molecule has 0 fully saturated rings. The molecular weight excluding hydrogens is 359 g/mol. The highest BCUT2D eigenvalue weighted by Crippen LogP contribution is 2.28. The molecular formula is C15H13BrClFN2O. The summed E-state index contributed by atoms with van der Waals surface area (Å²) in [5.41, 5.74) is 7.10. The van der Waals surface area contributed by atoms with Crippen molar-refractivity contribution < 1.29 is 9.18 Å². The first kappa shape index (κ1) is 15.8. The van der Waals surface area contributed by atoms with Gasteiger partial charge in [0.05, 0.1) is 15.2 Å². The molecule has 0 aliphatic rings. The van der Waals surface area contributed by atoms with E-state index in [0.29, 0.717) is 20.7 Å². The second-order valence-electron chi connectivity index (χ2n) is 4.60. The first-order valence-electron chi connectivity index (χ1n) is 6.19. The van der Waals surface area contributed by atoms with E-state index in [-0.39, 0.29) is 11.9 Å². The fourth-order valence-corrected chi connectivity index (χ4v) is 2.46. The van der Waals surface area contributed by atoms with Crippen molar-refractivity contribution in [2.45, 2.75) is 13.0 Å². The lowest BCUT2D eigenvalue weighted by atomic mass is 10.1. The smallest absolute Gasteiger partial charge is 0.248 e. The van der Waals surface area contributed by atoms with Crippen molar-refractivity contribution >= 4 is 39.1 Å². The number of nitrogens with one attached hydrogen (secondary N) is 1. The van der Waals surface area contributed by atoms with Gasteiger partial charge < -0.3 is 11.1 Å². The van der Waals surface area contributed by atoms with Gasteiger partial charge >= 0.3 is 0 Å². The fourth-order valence-electron chi connectivity index (χ4n) is 1.89. The predicted octanol–water partition coefficient (Wildman–Crippen LogP) is 4.51. The molecule has 0 bridgehead atoms. The van der Waals surface area contributed by atoms with Crippen molar-refractivity contribution in [3.05, 3.63) is 62.8 Å². The van der Waals surface area contributed by atoms with Gasteiger partial charge in [-0.05, 0) is 58.7 Å². The fraction of sp³-hybridized carbons (Fsp3) is 0.133. The molecule has 2 aromatic carbocycles. The number of carbonyl (C=O) groups is 1. The average Bonchev–Trinajstić information content (AvgIpc) is 2.43. The van der Waals surface area contributed by atoms with Gasteiger partial charge in [-0.1, -0.05) is 17.7 Å². The lowest BCUT2D eigenvalue weighted by Gasteiger charge is -2.17. The van der Waals surface area contributed by atoms with E-state index >= 15 is 0 Å². The highest BCUT2D eigenvalue weighted by molar-refractivity contribution is 9.10. The minimum atomic E-state index is -0.521. The van der Waals surface area contributed by atoms with Gasteiger partial charge in [-0.25, -0.2) is 4.39 Å². The standard InChI is InChI=1S/C15H13BrClFN2O/c1-8(9-3-5-13(18)11(16)6-9)20-14-7-10(15(19)21)2-4-12(14)17/h2-8,20H,1H3,(H2,19,21). The largest absolute Gasteiger partial charge is 0.377 e. The average molecular weight is 372 g/mol. The summed E-state index contributed by atoms with van der Waals surface area (Å²) >= 11 is 9.26. The third-order valence-electron chi connectivity index (χ3n) is 3.07. The molecule has 3 nitrogen and oxygen atoms in total. The van der Waals surface area contributed by atoms with Crippen molar-refractivity contribution in [3.63, 3.8) is 0 Å². The number of carbonyl (C=O) groups excluding carboxylic acids is 1. The Balaban J connectivity index is 2.26. The normalized spacial score (nSPS) is 12.0. The minimum Gasteiger partial charge on any atom is -0.377 e. The van der Waals surface area contributed by atoms with Crippen LogP contribution in [0.15, 0.2) is 40.9 Å². The second-order valence-corrected chi connectivity index (χ2v) is 5.86. The van der Waals surface area contributed by atoms with Crippen LogP contribution in [0.25, 0.3) is 0 Å². The van der Waals surface area contributed by atoms with Crippen molar-refractivity contribution in [2.75, 3.05) is 5.32 Å². The van der Waals surface area contributed by atoms with E-state index in [1.54, 1.807) is 30.3 Å². The van der Waals surface area contributed by atoms with Gasteiger partial charge in [0.1, 0.15) is 5.82 Å². The molecule has 2 rings (SSSR count). The zero-order valence-corrected chi connectivity index (χ0v) is 13.5. The molecule has 21 heavy (non-hydrogen) atoms. The first-order valence-corrected chi connectivity index (χ1v) is 7.36. The zero-order valence-electron chi connectivity index (χ0n) is 11.2. The van der Waals surface area contributed by atoms with Gasteiger partial charge in [0, 0.05) is 11.6 Å². The van der Waals surface area contributed by atoms with Crippen LogP contribution in [0.1, 0.15) is 28.9 Å². The first-order chi connectivity index (χ1) is 9.88. The number of hydrogen-bond donors (Lipinski definition) is 2. The molecule has 0 saturated carbocycles. The number of rotatable bonds is 4. The number of benzene rings is 2. The SMILES string of the molecule is CC(Nc1cc(C(N)=O)ccc1Cl)c1ccc(F)c(Br)c1. The molecule has 1 amide bonds. The van der Waals surface area contributed by atoms with Gasteiger partial charge in [0.15, 0.2) is 0 Å². The summed E-state index contributed by atoms with van der Waals surface area (Å²) in [7, 11) is 0. The van der Waals surface area contributed by atoms with Gasteiger partial charge in [-0.15, -0.1) is 0 Å². The molecule has 3 N–H and O–H groups in total. The van der Waals surface area contributed by atoms with Crippen LogP contribution in [0, 0.1) is 5.82 Å². The van der Waals surface area contributed by atoms with Gasteiger partial charge in [-0.2, -0.15) is 0 Å². The Labute approximate surface area is 135 Å². The molecule has 0 aliphatic carbocycles. The van der Waals surface area contributed by atoms with E-state index in [1.165, 1.54) is 6.07 Å². The second kappa shape index (κ2) is 6.45. The maximum absolute atomic E-state index is 13.3. The van der Waals surface area contributed by atoms with E-state index < -0.39 is 5.91 Å². The third-order valence-corrected chi connectivity index (χ3v) is 4.00. The quantitative estimate of drug-likeness (QED) is 0.830. The maximum atomic E-state index is 13.3. The van der Waals surface area contributed by atoms with Crippen molar-refractivity contribution in [2.24, 2.45) is 5.73 Å². The molecule has 6 heteroatoms. The summed E-state index contributed by atoms with van der Waals surface area (Å²) in [6.07, 6.45) is 0. The Morgan fingerprint density at radius 1 is 1.33 bits per heavy atom. The third kappa shape index (κ3) is 3.74. The van der Waals surface area contributed by atoms with E-state index in [1.807, 2.05) is 6.92 Å². The van der Waals surface area contributed by atoms with Crippen molar-refractivity contribution in [1.82, 2.24) is 0 Å². The van der Waals surface area contributed by atoms with Crippen LogP contribution in [-0.2, 0) is 0 Å². The van der Waals surface area contributed by atoms with Gasteiger partial charge in [-0.3, -0.25) is 4.79 Å². The Morgan fingerprint density at radius 2 is 2.05 bits per heavy atom. The molecule has 110 valence electrons. The Hall–Kier alpha value is -1.59. The summed E-state index contributed by atoms with van der Waals surface area (Å²) in [6, 6.07) is 9.41. The van der Waals surface area contributed by atoms with Crippen molar-refractivity contribution in [3.8, 4) is 0 Å². The Kier molecular flexibility index (Phi) is 4.85. The summed E-state index contributed by atoms with van der Waals surface area (Å²) in [6.45, 7) is 1.91. The van der Waals surface area contributed by atoms with E-state index in [9.17, 15) is 9.18 Å². The zero-order chi connectivity index (χ0) is 15.6. The molecule has 0 aromatic heterocycles. The number of nitrogens with two attached hydrogens (primary N) is 1. The highest BCUT2D eigenvalue weighted by atomic mass is 79.9. The number of anilines is 1. The number of primary amides is 1. The van der Waals surface area contributed by atoms with Crippen LogP contribution in [0.2, 0.25) is 5.02 Å². The lowest BCUT2D eigenvalue weighted by Crippen LogP contribution is -2.12. The van der Waals surface area contributed by atoms with Crippen LogP contribution in [-0.4, -0.2) is 5.91 Å². The highest BCUT2D eigenvalue weighted by Gasteiger charge is 2.11. The molecule has 1 unspecified atom stereocenters. The van der Waals surface area contributed by atoms with E-state index in [4.69, 9.17) is 17.3 Å². The van der Waals surface area contributed by atoms with Crippen LogP contribution < -0.4 is 11.1 Å². The molecule has 0 saturated heterocycles. The minimum absolute atomic E-state index is 0.123. The van der Waals surface area contributed by atoms with Crippen molar-refractivity contribution in [1.29, 1.82) is 0 Å². The molecule has 2 aromatic rings. The van der Waals surface area contributed by atoms with Gasteiger partial charge in [0.25, 0.3) is 0 Å². The summed E-state index contributed by atoms with van der Waals surface area (Å²) in [5, 5.41) is 3.67. The number of halogens is 3. The maximum Gasteiger partial charge on any atom is 0.248 e. The van der Waals surface area contributed by atoms with Crippen LogP contribution in [0.5, 0.6) is 0 Å². The molecule has 0 spiro atoms. The Bertz CT molecular complexity index is 693. The summed E-state index contributed by atoms with van der Waals surface area (Å²) < 4.78 is 13.6. The molecule has 0 radical (unpaired) electrons. The van der Waals surface area contributed by atoms with Crippen LogP contribution >= 0.6 is 27.5 Å². The van der Waals surface area contributed by atoms with E-state index in [0.717, 1.165) is 5.56 Å². The van der Waals surface area contributed by atoms with Gasteiger partial charge in [0.2, 0.25) is 5.91 Å². The molecule has 1 atom stereocenters. The molecule has 0 heterocycles. The number of hydrogen-bond acceptors (Lipinski definition) is 2. The van der Waals surface area contributed by atoms with E-state index in [2.05, 4.69) is 21.2 Å². The monoisotopic (exact) mass is 370 g/mol. The van der Waals surface area contributed by atoms with Crippen LogP contribution in [0.4, 0.5) is 10.1 Å². The number of amides is 1.